The Hall–Kier alpha value is -3.27. The fraction of sp³-hybridized carbons (Fsp3) is 0.208. The third-order valence-corrected chi connectivity index (χ3v) is 5.64. The molecule has 1 N–H and O–H groups in total. The van der Waals surface area contributed by atoms with Gasteiger partial charge in [-0.1, -0.05) is 54.6 Å². The number of hydrogen-bond donors (Lipinski definition) is 1. The second-order valence-electron chi connectivity index (χ2n) is 7.41. The first-order valence-corrected chi connectivity index (χ1v) is 9.83. The van der Waals surface area contributed by atoms with E-state index in [0.717, 1.165) is 31.0 Å². The molecule has 140 valence electrons. The van der Waals surface area contributed by atoms with Gasteiger partial charge in [-0.15, -0.1) is 0 Å². The molecule has 0 aliphatic carbocycles. The number of hydrogen-bond acceptors (Lipinski definition) is 4. The van der Waals surface area contributed by atoms with Crippen molar-refractivity contribution in [2.75, 3.05) is 23.8 Å². The van der Waals surface area contributed by atoms with Gasteiger partial charge in [0, 0.05) is 31.4 Å². The summed E-state index contributed by atoms with van der Waals surface area (Å²) >= 11 is 0. The van der Waals surface area contributed by atoms with Gasteiger partial charge in [-0.25, -0.2) is 4.99 Å². The number of anilines is 2. The molecular formula is C24H24N4. The number of nitrogens with one attached hydrogen (secondary N) is 1. The molecule has 4 nitrogen and oxygen atoms in total. The van der Waals surface area contributed by atoms with Crippen molar-refractivity contribution in [3.63, 3.8) is 0 Å². The van der Waals surface area contributed by atoms with E-state index in [0.29, 0.717) is 0 Å². The molecular weight excluding hydrogens is 344 g/mol. The second kappa shape index (κ2) is 7.04. The smallest absolute Gasteiger partial charge is 0.198 e. The largest absolute Gasteiger partial charge is 0.352 e. The lowest BCUT2D eigenvalue weighted by Gasteiger charge is -2.39. The molecule has 0 bridgehead atoms. The zero-order valence-corrected chi connectivity index (χ0v) is 16.0. The molecule has 3 aromatic rings. The average Bonchev–Trinajstić information content (AvgIpc) is 2.76. The van der Waals surface area contributed by atoms with Crippen LogP contribution < -0.4 is 10.2 Å². The predicted molar refractivity (Wildman–Crippen MR) is 116 cm³/mol. The third kappa shape index (κ3) is 3.01. The molecule has 0 spiro atoms. The van der Waals surface area contributed by atoms with Crippen molar-refractivity contribution in [1.29, 1.82) is 0 Å². The Morgan fingerprint density at radius 1 is 0.857 bits per heavy atom. The monoisotopic (exact) mass is 368 g/mol. The summed E-state index contributed by atoms with van der Waals surface area (Å²) in [7, 11) is 2.10. The summed E-state index contributed by atoms with van der Waals surface area (Å²) in [5.41, 5.74) is 6.35. The Kier molecular flexibility index (Phi) is 4.24. The second-order valence-corrected chi connectivity index (χ2v) is 7.41. The molecule has 28 heavy (non-hydrogen) atoms. The van der Waals surface area contributed by atoms with Crippen LogP contribution in [0.5, 0.6) is 0 Å². The van der Waals surface area contributed by atoms with Gasteiger partial charge < -0.3 is 15.1 Å². The van der Waals surface area contributed by atoms with E-state index in [1.165, 1.54) is 22.4 Å². The van der Waals surface area contributed by atoms with Crippen molar-refractivity contribution in [1.82, 2.24) is 4.90 Å². The van der Waals surface area contributed by atoms with E-state index >= 15 is 0 Å². The van der Waals surface area contributed by atoms with Crippen LogP contribution in [0.3, 0.4) is 0 Å². The first-order chi connectivity index (χ1) is 13.8. The van der Waals surface area contributed by atoms with Crippen molar-refractivity contribution >= 4 is 17.2 Å². The van der Waals surface area contributed by atoms with Gasteiger partial charge in [-0.2, -0.15) is 0 Å². The van der Waals surface area contributed by atoms with Gasteiger partial charge in [0.1, 0.15) is 5.84 Å². The highest BCUT2D eigenvalue weighted by molar-refractivity contribution is 6.05. The molecule has 0 saturated heterocycles. The van der Waals surface area contributed by atoms with Crippen LogP contribution in [-0.4, -0.2) is 30.6 Å². The number of benzene rings is 3. The molecule has 2 heterocycles. The number of nitrogens with zero attached hydrogens (tertiary/aromatic N) is 3. The van der Waals surface area contributed by atoms with Crippen LogP contribution in [-0.2, 0) is 13.0 Å². The third-order valence-electron chi connectivity index (χ3n) is 5.64. The van der Waals surface area contributed by atoms with Gasteiger partial charge in [0.05, 0.1) is 5.69 Å². The number of rotatable bonds is 2. The minimum atomic E-state index is -0.135. The van der Waals surface area contributed by atoms with E-state index in [1.807, 2.05) is 18.2 Å². The fourth-order valence-corrected chi connectivity index (χ4v) is 4.12. The summed E-state index contributed by atoms with van der Waals surface area (Å²) in [4.78, 5) is 9.79. The normalized spacial score (nSPS) is 18.2. The lowest BCUT2D eigenvalue weighted by molar-refractivity contribution is 0.390. The van der Waals surface area contributed by atoms with E-state index in [-0.39, 0.29) is 6.29 Å². The Morgan fingerprint density at radius 2 is 1.57 bits per heavy atom. The van der Waals surface area contributed by atoms with Crippen molar-refractivity contribution in [3.8, 4) is 0 Å². The first-order valence-electron chi connectivity index (χ1n) is 9.83. The van der Waals surface area contributed by atoms with Gasteiger partial charge in [0.15, 0.2) is 6.29 Å². The summed E-state index contributed by atoms with van der Waals surface area (Å²) in [5.74, 6) is 1.08. The quantitative estimate of drug-likeness (QED) is 0.730. The Morgan fingerprint density at radius 3 is 2.43 bits per heavy atom. The highest BCUT2D eigenvalue weighted by Gasteiger charge is 2.29. The molecule has 0 amide bonds. The minimum Gasteiger partial charge on any atom is -0.352 e. The SMILES string of the molecule is CN1c2ccccc2C(N2CCc3ccccc3C2)=NC1Nc1ccccc1. The fourth-order valence-electron chi connectivity index (χ4n) is 4.12. The van der Waals surface area contributed by atoms with Crippen LogP contribution in [0.25, 0.3) is 0 Å². The van der Waals surface area contributed by atoms with Crippen LogP contribution in [0.2, 0.25) is 0 Å². The number of para-hydroxylation sites is 2. The molecule has 3 aromatic carbocycles. The zero-order chi connectivity index (χ0) is 18.9. The van der Waals surface area contributed by atoms with Gasteiger partial charge in [0.25, 0.3) is 0 Å². The van der Waals surface area contributed by atoms with Crippen LogP contribution in [0.4, 0.5) is 11.4 Å². The Labute approximate surface area is 166 Å². The average molecular weight is 368 g/mol. The van der Waals surface area contributed by atoms with Crippen molar-refractivity contribution in [2.45, 2.75) is 19.3 Å². The molecule has 2 aliphatic rings. The topological polar surface area (TPSA) is 30.9 Å². The lowest BCUT2D eigenvalue weighted by atomic mass is 9.98. The van der Waals surface area contributed by atoms with Crippen LogP contribution in [0, 0.1) is 0 Å². The van der Waals surface area contributed by atoms with Crippen molar-refractivity contribution in [2.24, 2.45) is 4.99 Å². The predicted octanol–water partition coefficient (Wildman–Crippen LogP) is 4.34. The maximum atomic E-state index is 5.15. The summed E-state index contributed by atoms with van der Waals surface area (Å²) in [6.45, 7) is 1.90. The maximum absolute atomic E-state index is 5.15. The van der Waals surface area contributed by atoms with Crippen molar-refractivity contribution < 1.29 is 0 Å². The van der Waals surface area contributed by atoms with Gasteiger partial charge in [0.2, 0.25) is 0 Å². The Balaban J connectivity index is 1.52. The maximum Gasteiger partial charge on any atom is 0.198 e. The Bertz CT molecular complexity index is 1010. The summed E-state index contributed by atoms with van der Waals surface area (Å²) < 4.78 is 0. The van der Waals surface area contributed by atoms with Crippen LogP contribution >= 0.6 is 0 Å². The van der Waals surface area contributed by atoms with E-state index in [1.54, 1.807) is 0 Å². The molecule has 2 aliphatic heterocycles. The summed E-state index contributed by atoms with van der Waals surface area (Å²) in [5, 5.41) is 3.57. The highest BCUT2D eigenvalue weighted by atomic mass is 15.4. The van der Waals surface area contributed by atoms with Crippen LogP contribution in [0.15, 0.2) is 83.9 Å². The van der Waals surface area contributed by atoms with Crippen molar-refractivity contribution in [3.05, 3.63) is 95.6 Å². The zero-order valence-electron chi connectivity index (χ0n) is 16.0. The highest BCUT2D eigenvalue weighted by Crippen LogP contribution is 2.31. The van der Waals surface area contributed by atoms with E-state index in [4.69, 9.17) is 4.99 Å². The summed E-state index contributed by atoms with van der Waals surface area (Å²) in [6, 6.07) is 27.6. The first kappa shape index (κ1) is 16.9. The molecule has 0 fully saturated rings. The molecule has 5 rings (SSSR count). The van der Waals surface area contributed by atoms with E-state index < -0.39 is 0 Å². The molecule has 4 heteroatoms. The van der Waals surface area contributed by atoms with Crippen LogP contribution in [0.1, 0.15) is 16.7 Å². The standard InChI is InChI=1S/C24H24N4/c1-27-22-14-8-7-13-21(22)23(26-24(27)25-20-11-3-2-4-12-20)28-16-15-18-9-5-6-10-19(18)17-28/h2-14,24-25H,15-17H2,1H3. The van der Waals surface area contributed by atoms with E-state index in [9.17, 15) is 0 Å². The van der Waals surface area contributed by atoms with E-state index in [2.05, 4.69) is 82.8 Å². The molecule has 0 saturated carbocycles. The molecule has 1 atom stereocenters. The molecule has 0 radical (unpaired) electrons. The number of aliphatic imine (C=N–C) groups is 1. The van der Waals surface area contributed by atoms with Gasteiger partial charge >= 0.3 is 0 Å². The van der Waals surface area contributed by atoms with Gasteiger partial charge in [-0.05, 0) is 41.8 Å². The number of amidine groups is 1. The lowest BCUT2D eigenvalue weighted by Crippen LogP contribution is -2.46. The minimum absolute atomic E-state index is 0.135. The molecule has 0 aromatic heterocycles. The summed E-state index contributed by atoms with van der Waals surface area (Å²) in [6.07, 6.45) is 0.925. The van der Waals surface area contributed by atoms with Gasteiger partial charge in [-0.3, -0.25) is 0 Å². The number of fused-ring (bicyclic) bond motifs is 2. The molecule has 1 unspecified atom stereocenters.